The molecule has 0 saturated carbocycles. The summed E-state index contributed by atoms with van der Waals surface area (Å²) in [6.07, 6.45) is 0.748. The van der Waals surface area contributed by atoms with Crippen LogP contribution in [-0.2, 0) is 0 Å². The van der Waals surface area contributed by atoms with Gasteiger partial charge in [0.25, 0.3) is 0 Å². The Morgan fingerprint density at radius 2 is 1.80 bits per heavy atom. The van der Waals surface area contributed by atoms with E-state index in [1.54, 1.807) is 24.3 Å². The van der Waals surface area contributed by atoms with E-state index < -0.39 is 17.7 Å². The Bertz CT molecular complexity index is 1250. The number of ether oxygens (including phenoxy) is 2. The molecule has 35 heavy (non-hydrogen) atoms. The molecular formula is C29H30FNO4. The Hall–Kier alpha value is -3.51. The van der Waals surface area contributed by atoms with Crippen LogP contribution in [0.15, 0.2) is 60.7 Å². The summed E-state index contributed by atoms with van der Waals surface area (Å²) in [7, 11) is 0. The van der Waals surface area contributed by atoms with Gasteiger partial charge in [-0.3, -0.25) is 4.90 Å². The van der Waals surface area contributed by atoms with Crippen LogP contribution in [0, 0.1) is 11.7 Å². The lowest BCUT2D eigenvalue weighted by atomic mass is 9.86. The highest BCUT2D eigenvalue weighted by molar-refractivity contribution is 5.95. The fourth-order valence-electron chi connectivity index (χ4n) is 4.87. The standard InChI is InChI=1S/C29H30FNO4/c1-3-19-16-31(17-19)12-13-34-23-8-4-20(5-9-23)29-28(21-6-10-26(33)25(30)14-21)18(2)24-15-22(32)7-11-27(24)35-29/h4-11,14-15,19,29,32-33H,3,12-13,16-17H2,1-2H3. The normalized spacial score (nSPS) is 18.1. The monoisotopic (exact) mass is 475 g/mol. The average molecular weight is 476 g/mol. The molecule has 1 unspecified atom stereocenters. The van der Waals surface area contributed by atoms with Crippen molar-refractivity contribution >= 4 is 11.1 Å². The van der Waals surface area contributed by atoms with E-state index in [2.05, 4.69) is 11.8 Å². The maximum absolute atomic E-state index is 14.3. The highest BCUT2D eigenvalue weighted by Crippen LogP contribution is 2.47. The Balaban J connectivity index is 1.40. The van der Waals surface area contributed by atoms with Crippen molar-refractivity contribution in [3.05, 3.63) is 83.2 Å². The number of phenolic OH excluding ortho intramolecular Hbond substituents is 2. The molecule has 1 atom stereocenters. The Morgan fingerprint density at radius 1 is 1.03 bits per heavy atom. The van der Waals surface area contributed by atoms with Gasteiger partial charge in [0.15, 0.2) is 11.6 Å². The maximum Gasteiger partial charge on any atom is 0.165 e. The molecule has 0 amide bonds. The molecule has 6 heteroatoms. The number of benzene rings is 3. The second kappa shape index (κ2) is 9.62. The van der Waals surface area contributed by atoms with E-state index in [1.165, 1.54) is 18.6 Å². The van der Waals surface area contributed by atoms with Crippen LogP contribution < -0.4 is 9.47 Å². The Labute approximate surface area is 205 Å². The molecule has 0 radical (unpaired) electrons. The SMILES string of the molecule is CCC1CN(CCOc2ccc(C3Oc4ccc(O)cc4C(C)=C3c3ccc(O)c(F)c3)cc2)C1. The first kappa shape index (κ1) is 23.2. The molecule has 3 aromatic rings. The van der Waals surface area contributed by atoms with Crippen LogP contribution in [0.1, 0.15) is 43.1 Å². The third-order valence-electron chi connectivity index (χ3n) is 7.01. The molecule has 2 aliphatic rings. The molecule has 1 saturated heterocycles. The van der Waals surface area contributed by atoms with Gasteiger partial charge in [0.1, 0.15) is 30.0 Å². The zero-order valence-electron chi connectivity index (χ0n) is 20.0. The van der Waals surface area contributed by atoms with Gasteiger partial charge in [-0.2, -0.15) is 0 Å². The van der Waals surface area contributed by atoms with Crippen LogP contribution >= 0.6 is 0 Å². The lowest BCUT2D eigenvalue weighted by Crippen LogP contribution is -2.47. The number of fused-ring (bicyclic) bond motifs is 1. The topological polar surface area (TPSA) is 62.2 Å². The quantitative estimate of drug-likeness (QED) is 0.437. The molecule has 2 N–H and O–H groups in total. The van der Waals surface area contributed by atoms with Gasteiger partial charge in [-0.1, -0.05) is 31.5 Å². The minimum Gasteiger partial charge on any atom is -0.508 e. The van der Waals surface area contributed by atoms with Gasteiger partial charge in [0.2, 0.25) is 0 Å². The van der Waals surface area contributed by atoms with Crippen LogP contribution in [0.5, 0.6) is 23.0 Å². The van der Waals surface area contributed by atoms with Gasteiger partial charge in [-0.05, 0) is 72.0 Å². The number of hydrogen-bond donors (Lipinski definition) is 2. The number of aromatic hydroxyl groups is 2. The number of hydrogen-bond acceptors (Lipinski definition) is 5. The molecule has 0 aromatic heterocycles. The van der Waals surface area contributed by atoms with Crippen molar-refractivity contribution in [3.63, 3.8) is 0 Å². The van der Waals surface area contributed by atoms with Gasteiger partial charge >= 0.3 is 0 Å². The lowest BCUT2D eigenvalue weighted by molar-refractivity contribution is 0.0806. The predicted molar refractivity (Wildman–Crippen MR) is 134 cm³/mol. The molecule has 0 aliphatic carbocycles. The van der Waals surface area contributed by atoms with Crippen molar-refractivity contribution in [2.45, 2.75) is 26.4 Å². The van der Waals surface area contributed by atoms with Crippen LogP contribution in [0.4, 0.5) is 4.39 Å². The summed E-state index contributed by atoms with van der Waals surface area (Å²) in [4.78, 5) is 2.41. The van der Waals surface area contributed by atoms with Gasteiger partial charge in [-0.25, -0.2) is 4.39 Å². The molecular weight excluding hydrogens is 445 g/mol. The van der Waals surface area contributed by atoms with Crippen LogP contribution in [0.3, 0.4) is 0 Å². The van der Waals surface area contributed by atoms with Crippen molar-refractivity contribution in [3.8, 4) is 23.0 Å². The van der Waals surface area contributed by atoms with Gasteiger partial charge in [-0.15, -0.1) is 0 Å². The summed E-state index contributed by atoms with van der Waals surface area (Å²) in [5.74, 6) is 1.30. The maximum atomic E-state index is 14.3. The van der Waals surface area contributed by atoms with Crippen molar-refractivity contribution in [1.82, 2.24) is 4.90 Å². The van der Waals surface area contributed by atoms with E-state index in [4.69, 9.17) is 9.47 Å². The Kier molecular flexibility index (Phi) is 6.39. The summed E-state index contributed by atoms with van der Waals surface area (Å²) in [5, 5.41) is 19.7. The summed E-state index contributed by atoms with van der Waals surface area (Å²) in [5.41, 5.74) is 3.90. The molecule has 0 spiro atoms. The third-order valence-corrected chi connectivity index (χ3v) is 7.01. The zero-order chi connectivity index (χ0) is 24.5. The predicted octanol–water partition coefficient (Wildman–Crippen LogP) is 6.02. The number of rotatable bonds is 7. The number of likely N-dealkylation sites (tertiary alicyclic amines) is 1. The van der Waals surface area contributed by atoms with Crippen LogP contribution in [-0.4, -0.2) is 41.4 Å². The third kappa shape index (κ3) is 4.71. The lowest BCUT2D eigenvalue weighted by Gasteiger charge is -2.38. The highest BCUT2D eigenvalue weighted by atomic mass is 19.1. The average Bonchev–Trinajstić information content (AvgIpc) is 2.83. The number of phenols is 2. The smallest absolute Gasteiger partial charge is 0.165 e. The zero-order valence-corrected chi connectivity index (χ0v) is 20.0. The van der Waals surface area contributed by atoms with E-state index in [-0.39, 0.29) is 5.75 Å². The van der Waals surface area contributed by atoms with Crippen molar-refractivity contribution in [2.75, 3.05) is 26.2 Å². The van der Waals surface area contributed by atoms with Crippen LogP contribution in [0.2, 0.25) is 0 Å². The summed E-state index contributed by atoms with van der Waals surface area (Å²) in [6, 6.07) is 17.1. The largest absolute Gasteiger partial charge is 0.508 e. The first-order valence-corrected chi connectivity index (χ1v) is 12.1. The highest BCUT2D eigenvalue weighted by Gasteiger charge is 2.30. The van der Waals surface area contributed by atoms with E-state index in [9.17, 15) is 14.6 Å². The summed E-state index contributed by atoms with van der Waals surface area (Å²) >= 11 is 0. The molecule has 3 aromatic carbocycles. The fourth-order valence-corrected chi connectivity index (χ4v) is 4.87. The molecule has 5 nitrogen and oxygen atoms in total. The van der Waals surface area contributed by atoms with E-state index in [0.717, 1.165) is 53.6 Å². The fraction of sp³-hybridized carbons (Fsp3) is 0.310. The number of halogens is 1. The minimum absolute atomic E-state index is 0.131. The second-order valence-corrected chi connectivity index (χ2v) is 9.33. The summed E-state index contributed by atoms with van der Waals surface area (Å²) in [6.45, 7) is 8.05. The van der Waals surface area contributed by atoms with Crippen molar-refractivity contribution < 1.29 is 24.1 Å². The molecule has 2 aliphatic heterocycles. The van der Waals surface area contributed by atoms with Gasteiger partial charge < -0.3 is 19.7 Å². The molecule has 2 heterocycles. The van der Waals surface area contributed by atoms with E-state index >= 15 is 0 Å². The van der Waals surface area contributed by atoms with Crippen molar-refractivity contribution in [2.24, 2.45) is 5.92 Å². The number of nitrogens with zero attached hydrogens (tertiary/aromatic N) is 1. The van der Waals surface area contributed by atoms with Gasteiger partial charge in [0, 0.05) is 30.8 Å². The molecule has 1 fully saturated rings. The van der Waals surface area contributed by atoms with E-state index in [0.29, 0.717) is 17.9 Å². The van der Waals surface area contributed by atoms with E-state index in [1.807, 2.05) is 31.2 Å². The first-order valence-electron chi connectivity index (χ1n) is 12.1. The van der Waals surface area contributed by atoms with Crippen LogP contribution in [0.25, 0.3) is 11.1 Å². The first-order chi connectivity index (χ1) is 16.9. The minimum atomic E-state index is -0.695. The van der Waals surface area contributed by atoms with Gasteiger partial charge in [0.05, 0.1) is 0 Å². The number of allylic oxidation sites excluding steroid dienone is 1. The summed E-state index contributed by atoms with van der Waals surface area (Å²) < 4.78 is 26.6. The molecule has 182 valence electrons. The second-order valence-electron chi connectivity index (χ2n) is 9.33. The molecule has 5 rings (SSSR count). The molecule has 0 bridgehead atoms. The Morgan fingerprint density at radius 3 is 2.51 bits per heavy atom. The van der Waals surface area contributed by atoms with Crippen molar-refractivity contribution in [1.29, 1.82) is 0 Å².